The molecule has 0 rings (SSSR count). The number of halogens is 6. The Kier molecular flexibility index (Phi) is 3.80. The second-order valence-electron chi connectivity index (χ2n) is 2.00. The van der Waals surface area contributed by atoms with Gasteiger partial charge in [0.25, 0.3) is 3.79 Å². The molecule has 0 N–H and O–H groups in total. The van der Waals surface area contributed by atoms with Crippen LogP contribution < -0.4 is 0 Å². The summed E-state index contributed by atoms with van der Waals surface area (Å²) in [5, 5.41) is 0. The van der Waals surface area contributed by atoms with E-state index in [0.717, 1.165) is 0 Å². The predicted octanol–water partition coefficient (Wildman–Crippen LogP) is 3.74. The molecule has 0 aromatic heterocycles. The molecule has 0 saturated heterocycles. The van der Waals surface area contributed by atoms with Gasteiger partial charge in [0.1, 0.15) is 0 Å². The summed E-state index contributed by atoms with van der Waals surface area (Å²) in [7, 11) is 0. The minimum absolute atomic E-state index is 0.388. The molecule has 0 fully saturated rings. The Morgan fingerprint density at radius 3 is 1.73 bits per heavy atom. The summed E-state index contributed by atoms with van der Waals surface area (Å²) in [4.78, 5) is 0. The minimum Gasteiger partial charge on any atom is -0.241 e. The predicted molar refractivity (Wildman–Crippen MR) is 40.4 cm³/mol. The molecule has 0 aliphatic heterocycles. The Labute approximate surface area is 77.6 Å². The molecule has 0 aromatic carbocycles. The highest BCUT2D eigenvalue weighted by Crippen LogP contribution is 2.45. The first-order valence-corrected chi connectivity index (χ1v) is 3.95. The van der Waals surface area contributed by atoms with Crippen LogP contribution in [0.5, 0.6) is 0 Å². The molecule has 1 atom stereocenters. The average Bonchev–Trinajstić information content (AvgIpc) is 1.83. The summed E-state index contributed by atoms with van der Waals surface area (Å²) in [5.41, 5.74) is 0. The van der Waals surface area contributed by atoms with E-state index in [2.05, 4.69) is 0 Å². The molecule has 6 heteroatoms. The Balaban J connectivity index is 4.45. The maximum Gasteiger partial charge on any atom is 0.324 e. The van der Waals surface area contributed by atoms with E-state index in [1.807, 2.05) is 0 Å². The van der Waals surface area contributed by atoms with Crippen LogP contribution in [-0.4, -0.2) is 15.9 Å². The maximum absolute atomic E-state index is 12.6. The van der Waals surface area contributed by atoms with E-state index >= 15 is 0 Å². The van der Waals surface area contributed by atoms with E-state index in [-0.39, 0.29) is 6.42 Å². The van der Waals surface area contributed by atoms with Crippen LogP contribution in [-0.2, 0) is 0 Å². The zero-order valence-electron chi connectivity index (χ0n) is 5.55. The van der Waals surface area contributed by atoms with Gasteiger partial charge >= 0.3 is 5.92 Å². The van der Waals surface area contributed by atoms with Crippen molar-refractivity contribution in [2.24, 2.45) is 0 Å². The Morgan fingerprint density at radius 2 is 1.64 bits per heavy atom. The van der Waals surface area contributed by atoms with Gasteiger partial charge in [0.15, 0.2) is 6.17 Å². The van der Waals surface area contributed by atoms with Gasteiger partial charge in [0.05, 0.1) is 0 Å². The third kappa shape index (κ3) is 2.56. The molecular formula is C5H6Cl3F3. The zero-order chi connectivity index (χ0) is 9.28. The summed E-state index contributed by atoms with van der Waals surface area (Å²) < 4.78 is 34.6. The summed E-state index contributed by atoms with van der Waals surface area (Å²) in [5.74, 6) is -3.92. The van der Waals surface area contributed by atoms with Crippen LogP contribution in [0.4, 0.5) is 13.2 Å². The first-order chi connectivity index (χ1) is 4.73. The van der Waals surface area contributed by atoms with Crippen molar-refractivity contribution in [1.82, 2.24) is 0 Å². The SMILES string of the molecule is CCC(F)C(F)(F)C(Cl)(Cl)Cl. The van der Waals surface area contributed by atoms with Crippen LogP contribution in [0.1, 0.15) is 13.3 Å². The summed E-state index contributed by atoms with van der Waals surface area (Å²) in [6, 6.07) is 0. The summed E-state index contributed by atoms with van der Waals surface area (Å²) in [6.07, 6.45) is -2.81. The van der Waals surface area contributed by atoms with Crippen molar-refractivity contribution in [3.8, 4) is 0 Å². The van der Waals surface area contributed by atoms with E-state index < -0.39 is 15.9 Å². The normalized spacial score (nSPS) is 16.6. The Hall–Kier alpha value is 0.660. The quantitative estimate of drug-likeness (QED) is 0.633. The van der Waals surface area contributed by atoms with Crippen LogP contribution >= 0.6 is 34.8 Å². The number of rotatable bonds is 2. The Morgan fingerprint density at radius 1 is 1.27 bits per heavy atom. The van der Waals surface area contributed by atoms with Gasteiger partial charge in [-0.2, -0.15) is 8.78 Å². The highest BCUT2D eigenvalue weighted by atomic mass is 35.6. The van der Waals surface area contributed by atoms with Crippen molar-refractivity contribution in [2.45, 2.75) is 29.2 Å². The molecule has 0 nitrogen and oxygen atoms in total. The molecule has 0 aliphatic rings. The van der Waals surface area contributed by atoms with Crippen molar-refractivity contribution in [1.29, 1.82) is 0 Å². The van der Waals surface area contributed by atoms with Crippen molar-refractivity contribution in [2.75, 3.05) is 0 Å². The number of alkyl halides is 6. The van der Waals surface area contributed by atoms with E-state index in [4.69, 9.17) is 34.8 Å². The van der Waals surface area contributed by atoms with Crippen LogP contribution in [0.3, 0.4) is 0 Å². The smallest absolute Gasteiger partial charge is 0.241 e. The van der Waals surface area contributed by atoms with Gasteiger partial charge in [-0.1, -0.05) is 41.7 Å². The second kappa shape index (κ2) is 3.58. The zero-order valence-corrected chi connectivity index (χ0v) is 7.82. The van der Waals surface area contributed by atoms with Gasteiger partial charge in [0, 0.05) is 0 Å². The van der Waals surface area contributed by atoms with Gasteiger partial charge in [-0.05, 0) is 6.42 Å². The fourth-order valence-corrected chi connectivity index (χ4v) is 0.789. The molecule has 1 unspecified atom stereocenters. The van der Waals surface area contributed by atoms with E-state index in [9.17, 15) is 13.2 Å². The lowest BCUT2D eigenvalue weighted by atomic mass is 10.2. The molecule has 0 aliphatic carbocycles. The first kappa shape index (κ1) is 11.7. The van der Waals surface area contributed by atoms with E-state index in [1.54, 1.807) is 0 Å². The second-order valence-corrected chi connectivity index (χ2v) is 4.28. The fourth-order valence-electron chi connectivity index (χ4n) is 0.434. The average molecular weight is 229 g/mol. The third-order valence-corrected chi connectivity index (χ3v) is 1.89. The van der Waals surface area contributed by atoms with Gasteiger partial charge in [-0.3, -0.25) is 0 Å². The maximum atomic E-state index is 12.6. The highest BCUT2D eigenvalue weighted by Gasteiger charge is 2.56. The molecule has 11 heavy (non-hydrogen) atoms. The lowest BCUT2D eigenvalue weighted by Gasteiger charge is -2.26. The summed E-state index contributed by atoms with van der Waals surface area (Å²) >= 11 is 14.5. The minimum atomic E-state index is -3.92. The molecule has 0 heterocycles. The molecule has 0 radical (unpaired) electrons. The van der Waals surface area contributed by atoms with E-state index in [0.29, 0.717) is 0 Å². The topological polar surface area (TPSA) is 0 Å². The molecule has 0 aromatic rings. The van der Waals surface area contributed by atoms with Gasteiger partial charge in [-0.15, -0.1) is 0 Å². The first-order valence-electron chi connectivity index (χ1n) is 2.82. The molecule has 0 spiro atoms. The van der Waals surface area contributed by atoms with Crippen LogP contribution in [0, 0.1) is 0 Å². The molecule has 68 valence electrons. The van der Waals surface area contributed by atoms with Gasteiger partial charge < -0.3 is 0 Å². The molecule has 0 bridgehead atoms. The monoisotopic (exact) mass is 228 g/mol. The standard InChI is InChI=1S/C5H6Cl3F3/c1-2-3(9)4(10,11)5(6,7)8/h3H,2H2,1H3. The third-order valence-electron chi connectivity index (χ3n) is 1.13. The van der Waals surface area contributed by atoms with Crippen molar-refractivity contribution in [3.63, 3.8) is 0 Å². The number of hydrogen-bond donors (Lipinski definition) is 0. The van der Waals surface area contributed by atoms with Crippen LogP contribution in [0.2, 0.25) is 0 Å². The van der Waals surface area contributed by atoms with Crippen molar-refractivity contribution < 1.29 is 13.2 Å². The molecule has 0 saturated carbocycles. The lowest BCUT2D eigenvalue weighted by Crippen LogP contribution is -2.42. The number of hydrogen-bond acceptors (Lipinski definition) is 0. The van der Waals surface area contributed by atoms with Crippen molar-refractivity contribution in [3.05, 3.63) is 0 Å². The highest BCUT2D eigenvalue weighted by molar-refractivity contribution is 6.68. The fraction of sp³-hybridized carbons (Fsp3) is 1.00. The Bertz CT molecular complexity index is 131. The van der Waals surface area contributed by atoms with Gasteiger partial charge in [-0.25, -0.2) is 4.39 Å². The molecular weight excluding hydrogens is 223 g/mol. The van der Waals surface area contributed by atoms with E-state index in [1.165, 1.54) is 6.92 Å². The van der Waals surface area contributed by atoms with Gasteiger partial charge in [0.2, 0.25) is 0 Å². The van der Waals surface area contributed by atoms with Crippen LogP contribution in [0.15, 0.2) is 0 Å². The lowest BCUT2D eigenvalue weighted by molar-refractivity contribution is -0.0693. The molecule has 0 amide bonds. The van der Waals surface area contributed by atoms with Crippen molar-refractivity contribution >= 4 is 34.8 Å². The largest absolute Gasteiger partial charge is 0.324 e. The van der Waals surface area contributed by atoms with Crippen LogP contribution in [0.25, 0.3) is 0 Å². The summed E-state index contributed by atoms with van der Waals surface area (Å²) in [6.45, 7) is 1.25.